The molecule has 0 radical (unpaired) electrons. The van der Waals surface area contributed by atoms with Gasteiger partial charge in [-0.1, -0.05) is 39.0 Å². The second-order valence-corrected chi connectivity index (χ2v) is 7.69. The van der Waals surface area contributed by atoms with Gasteiger partial charge in [0.05, 0.1) is 0 Å². The van der Waals surface area contributed by atoms with Gasteiger partial charge in [-0.15, -0.1) is 0 Å². The first-order chi connectivity index (χ1) is 9.93. The molecule has 4 rings (SSSR count). The molecule has 0 amide bonds. The largest absolute Gasteiger partial charge is 0.423 e. The molecule has 110 valence electrons. The van der Waals surface area contributed by atoms with Gasteiger partial charge in [-0.25, -0.2) is 4.79 Å². The van der Waals surface area contributed by atoms with E-state index < -0.39 is 0 Å². The molecular formula is C19H22O2. The molecule has 21 heavy (non-hydrogen) atoms. The Morgan fingerprint density at radius 1 is 1.19 bits per heavy atom. The van der Waals surface area contributed by atoms with Crippen molar-refractivity contribution in [2.75, 3.05) is 0 Å². The van der Waals surface area contributed by atoms with Crippen LogP contribution in [0.2, 0.25) is 0 Å². The lowest BCUT2D eigenvalue weighted by Gasteiger charge is -2.39. The van der Waals surface area contributed by atoms with E-state index in [1.54, 1.807) is 0 Å². The summed E-state index contributed by atoms with van der Waals surface area (Å²) in [6, 6.07) is 9.88. The van der Waals surface area contributed by atoms with Crippen LogP contribution in [0.3, 0.4) is 0 Å². The zero-order valence-electron chi connectivity index (χ0n) is 13.0. The minimum atomic E-state index is -0.136. The average Bonchev–Trinajstić information content (AvgIpc) is 2.79. The summed E-state index contributed by atoms with van der Waals surface area (Å²) < 4.78 is 5.57. The van der Waals surface area contributed by atoms with E-state index in [9.17, 15) is 4.79 Å². The van der Waals surface area contributed by atoms with Crippen molar-refractivity contribution >= 4 is 11.0 Å². The molecule has 0 N–H and O–H groups in total. The molecule has 2 aromatic rings. The van der Waals surface area contributed by atoms with Gasteiger partial charge in [-0.2, -0.15) is 0 Å². The lowest BCUT2D eigenvalue weighted by atomic mass is 9.65. The monoisotopic (exact) mass is 282 g/mol. The molecule has 2 heteroatoms. The molecular weight excluding hydrogens is 260 g/mol. The smallest absolute Gasteiger partial charge is 0.339 e. The van der Waals surface area contributed by atoms with E-state index in [0.29, 0.717) is 16.9 Å². The van der Waals surface area contributed by atoms with Crippen LogP contribution in [0.1, 0.15) is 51.5 Å². The van der Waals surface area contributed by atoms with Crippen molar-refractivity contribution in [3.63, 3.8) is 0 Å². The topological polar surface area (TPSA) is 30.2 Å². The van der Waals surface area contributed by atoms with Gasteiger partial charge in [-0.3, -0.25) is 0 Å². The van der Waals surface area contributed by atoms with Gasteiger partial charge in [0.15, 0.2) is 0 Å². The standard InChI is InChI=1S/C19H22O2/c1-18(2)13-8-9-19(18,3)15(11-13)14-10-12-6-4-5-7-16(12)21-17(14)20/h4-7,10,13,15H,8-9,11H2,1-3H3. The molecule has 0 saturated heterocycles. The molecule has 1 aromatic carbocycles. The van der Waals surface area contributed by atoms with Gasteiger partial charge in [0.25, 0.3) is 0 Å². The Hall–Kier alpha value is -1.57. The molecule has 2 saturated carbocycles. The van der Waals surface area contributed by atoms with Gasteiger partial charge in [0, 0.05) is 10.9 Å². The third kappa shape index (κ3) is 1.56. The van der Waals surface area contributed by atoms with Gasteiger partial charge in [-0.05, 0) is 54.1 Å². The summed E-state index contributed by atoms with van der Waals surface area (Å²) in [4.78, 5) is 12.5. The van der Waals surface area contributed by atoms with Gasteiger partial charge in [0.1, 0.15) is 5.58 Å². The number of benzene rings is 1. The van der Waals surface area contributed by atoms with Crippen molar-refractivity contribution in [2.24, 2.45) is 16.7 Å². The van der Waals surface area contributed by atoms with Crippen LogP contribution in [0.4, 0.5) is 0 Å². The maximum absolute atomic E-state index is 12.5. The fourth-order valence-electron chi connectivity index (χ4n) is 4.99. The van der Waals surface area contributed by atoms with Crippen molar-refractivity contribution in [1.29, 1.82) is 0 Å². The van der Waals surface area contributed by atoms with E-state index in [-0.39, 0.29) is 11.0 Å². The summed E-state index contributed by atoms with van der Waals surface area (Å²) >= 11 is 0. The number of rotatable bonds is 1. The first kappa shape index (κ1) is 13.1. The Morgan fingerprint density at radius 3 is 2.62 bits per heavy atom. The maximum atomic E-state index is 12.5. The normalized spacial score (nSPS) is 33.7. The fourth-order valence-corrected chi connectivity index (χ4v) is 4.99. The first-order valence-corrected chi connectivity index (χ1v) is 7.96. The molecule has 2 aliphatic carbocycles. The molecule has 1 heterocycles. The quantitative estimate of drug-likeness (QED) is 0.708. The number of hydrogen-bond acceptors (Lipinski definition) is 2. The number of para-hydroxylation sites is 1. The SMILES string of the molecule is CC1(C)C2CCC1(C)C(c1cc3ccccc3oc1=O)C2. The summed E-state index contributed by atoms with van der Waals surface area (Å²) in [7, 11) is 0. The van der Waals surface area contributed by atoms with E-state index >= 15 is 0 Å². The molecule has 3 unspecified atom stereocenters. The van der Waals surface area contributed by atoms with Crippen molar-refractivity contribution in [1.82, 2.24) is 0 Å². The predicted molar refractivity (Wildman–Crippen MR) is 84.5 cm³/mol. The van der Waals surface area contributed by atoms with E-state index in [1.807, 2.05) is 24.3 Å². The van der Waals surface area contributed by atoms with Gasteiger partial charge in [0.2, 0.25) is 0 Å². The number of hydrogen-bond donors (Lipinski definition) is 0. The van der Waals surface area contributed by atoms with E-state index in [0.717, 1.165) is 23.3 Å². The van der Waals surface area contributed by atoms with Crippen LogP contribution in [0.5, 0.6) is 0 Å². The lowest BCUT2D eigenvalue weighted by molar-refractivity contribution is 0.133. The van der Waals surface area contributed by atoms with Crippen LogP contribution in [-0.4, -0.2) is 0 Å². The van der Waals surface area contributed by atoms with Crippen molar-refractivity contribution in [2.45, 2.75) is 46.0 Å². The Bertz CT molecular complexity index is 770. The first-order valence-electron chi connectivity index (χ1n) is 7.96. The molecule has 0 aliphatic heterocycles. The molecule has 2 bridgehead atoms. The van der Waals surface area contributed by atoms with Crippen LogP contribution in [0, 0.1) is 16.7 Å². The zero-order chi connectivity index (χ0) is 14.8. The number of fused-ring (bicyclic) bond motifs is 3. The fraction of sp³-hybridized carbons (Fsp3) is 0.526. The Kier molecular flexibility index (Phi) is 2.50. The average molecular weight is 282 g/mol. The summed E-state index contributed by atoms with van der Waals surface area (Å²) in [6.07, 6.45) is 3.66. The van der Waals surface area contributed by atoms with E-state index in [4.69, 9.17) is 4.42 Å². The van der Waals surface area contributed by atoms with Crippen molar-refractivity contribution in [3.8, 4) is 0 Å². The molecule has 2 nitrogen and oxygen atoms in total. The highest BCUT2D eigenvalue weighted by molar-refractivity contribution is 5.76. The highest BCUT2D eigenvalue weighted by atomic mass is 16.4. The maximum Gasteiger partial charge on any atom is 0.339 e. The molecule has 2 fully saturated rings. The Balaban J connectivity index is 1.89. The predicted octanol–water partition coefficient (Wildman–Crippen LogP) is 4.72. The van der Waals surface area contributed by atoms with Crippen LogP contribution in [0.15, 0.2) is 39.5 Å². The van der Waals surface area contributed by atoms with Crippen molar-refractivity contribution < 1.29 is 4.42 Å². The van der Waals surface area contributed by atoms with Gasteiger partial charge < -0.3 is 4.42 Å². The molecule has 3 atom stereocenters. The minimum absolute atomic E-state index is 0.136. The molecule has 2 aliphatic rings. The highest BCUT2D eigenvalue weighted by Crippen LogP contribution is 2.70. The summed E-state index contributed by atoms with van der Waals surface area (Å²) in [6.45, 7) is 7.14. The summed E-state index contributed by atoms with van der Waals surface area (Å²) in [5.41, 5.74) is 1.98. The van der Waals surface area contributed by atoms with E-state index in [2.05, 4.69) is 26.8 Å². The van der Waals surface area contributed by atoms with Crippen LogP contribution >= 0.6 is 0 Å². The lowest BCUT2D eigenvalue weighted by Crippen LogP contribution is -2.33. The van der Waals surface area contributed by atoms with Crippen LogP contribution < -0.4 is 5.63 Å². The van der Waals surface area contributed by atoms with Crippen LogP contribution in [-0.2, 0) is 0 Å². The van der Waals surface area contributed by atoms with E-state index in [1.165, 1.54) is 12.8 Å². The highest BCUT2D eigenvalue weighted by Gasteiger charge is 2.61. The second kappa shape index (κ2) is 4.00. The van der Waals surface area contributed by atoms with Crippen molar-refractivity contribution in [3.05, 3.63) is 46.3 Å². The molecule has 1 aromatic heterocycles. The second-order valence-electron chi connectivity index (χ2n) is 7.69. The van der Waals surface area contributed by atoms with Gasteiger partial charge >= 0.3 is 5.63 Å². The van der Waals surface area contributed by atoms with Crippen LogP contribution in [0.25, 0.3) is 11.0 Å². The Labute approximate surface area is 125 Å². The Morgan fingerprint density at radius 2 is 1.95 bits per heavy atom. The third-order valence-corrected chi connectivity index (χ3v) is 6.84. The summed E-state index contributed by atoms with van der Waals surface area (Å²) in [5, 5.41) is 1.04. The molecule has 0 spiro atoms. The summed E-state index contributed by atoms with van der Waals surface area (Å²) in [5.74, 6) is 1.07. The third-order valence-electron chi connectivity index (χ3n) is 6.84. The minimum Gasteiger partial charge on any atom is -0.423 e. The zero-order valence-corrected chi connectivity index (χ0v) is 13.0.